The number of furan rings is 1. The fraction of sp³-hybridized carbons (Fsp3) is 0.267. The van der Waals surface area contributed by atoms with Gasteiger partial charge in [-0.1, -0.05) is 31.2 Å². The van der Waals surface area contributed by atoms with Crippen LogP contribution < -0.4 is 5.32 Å². The summed E-state index contributed by atoms with van der Waals surface area (Å²) < 4.78 is 5.12. The van der Waals surface area contributed by atoms with E-state index in [9.17, 15) is 4.79 Å². The summed E-state index contributed by atoms with van der Waals surface area (Å²) in [4.78, 5) is 12.0. The maximum Gasteiger partial charge on any atom is 0.287 e. The highest BCUT2D eigenvalue weighted by molar-refractivity contribution is 5.91. The van der Waals surface area contributed by atoms with Crippen LogP contribution in [0, 0.1) is 5.92 Å². The van der Waals surface area contributed by atoms with Crippen molar-refractivity contribution in [3.05, 3.63) is 59.5 Å². The molecule has 0 saturated heterocycles. The molecule has 0 fully saturated rings. The molecule has 0 unspecified atom stereocenters. The van der Waals surface area contributed by atoms with E-state index in [-0.39, 0.29) is 11.9 Å². The van der Waals surface area contributed by atoms with Crippen LogP contribution in [0.4, 0.5) is 0 Å². The van der Waals surface area contributed by atoms with E-state index in [0.717, 1.165) is 6.42 Å². The van der Waals surface area contributed by atoms with Crippen molar-refractivity contribution in [2.75, 3.05) is 0 Å². The summed E-state index contributed by atoms with van der Waals surface area (Å²) in [6, 6.07) is 11.8. The summed E-state index contributed by atoms with van der Waals surface area (Å²) in [5, 5.41) is 3.05. The molecular formula is C15H15NO2. The van der Waals surface area contributed by atoms with Gasteiger partial charge in [0.25, 0.3) is 5.91 Å². The van der Waals surface area contributed by atoms with Crippen LogP contribution in [-0.4, -0.2) is 5.91 Å². The first kappa shape index (κ1) is 11.1. The van der Waals surface area contributed by atoms with Gasteiger partial charge in [0.1, 0.15) is 0 Å². The molecule has 0 aliphatic heterocycles. The topological polar surface area (TPSA) is 42.2 Å². The number of hydrogen-bond donors (Lipinski definition) is 1. The quantitative estimate of drug-likeness (QED) is 0.878. The van der Waals surface area contributed by atoms with Crippen LogP contribution in [-0.2, 0) is 6.42 Å². The Hall–Kier alpha value is -2.03. The lowest BCUT2D eigenvalue weighted by atomic mass is 10.0. The molecule has 3 heteroatoms. The molecule has 1 aromatic heterocycles. The second kappa shape index (κ2) is 4.33. The fourth-order valence-corrected chi connectivity index (χ4v) is 2.63. The van der Waals surface area contributed by atoms with E-state index in [1.165, 1.54) is 17.4 Å². The molecule has 0 radical (unpaired) electrons. The fourth-order valence-electron chi connectivity index (χ4n) is 2.63. The molecular weight excluding hydrogens is 226 g/mol. The summed E-state index contributed by atoms with van der Waals surface area (Å²) in [6.45, 7) is 2.16. The highest BCUT2D eigenvalue weighted by atomic mass is 16.3. The first-order valence-electron chi connectivity index (χ1n) is 6.18. The van der Waals surface area contributed by atoms with Gasteiger partial charge in [0.05, 0.1) is 12.3 Å². The minimum absolute atomic E-state index is 0.0822. The van der Waals surface area contributed by atoms with Crippen LogP contribution in [0.25, 0.3) is 0 Å². The standard InChI is InChI=1S/C15H15NO2/c1-10-9-11-5-2-3-6-12(11)14(10)16-15(17)13-7-4-8-18-13/h2-8,10,14H,9H2,1H3,(H,16,17)/t10-,14+/m0/s1. The van der Waals surface area contributed by atoms with Gasteiger partial charge >= 0.3 is 0 Å². The molecule has 2 atom stereocenters. The van der Waals surface area contributed by atoms with Crippen LogP contribution in [0.2, 0.25) is 0 Å². The number of hydrogen-bond acceptors (Lipinski definition) is 2. The van der Waals surface area contributed by atoms with Gasteiger partial charge in [-0.2, -0.15) is 0 Å². The number of nitrogens with one attached hydrogen (secondary N) is 1. The minimum Gasteiger partial charge on any atom is -0.459 e. The smallest absolute Gasteiger partial charge is 0.287 e. The SMILES string of the molecule is C[C@H]1Cc2ccccc2[C@@H]1NC(=O)c1ccco1. The largest absolute Gasteiger partial charge is 0.459 e. The van der Waals surface area contributed by atoms with Crippen molar-refractivity contribution in [1.82, 2.24) is 5.32 Å². The normalized spacial score (nSPS) is 21.6. The number of fused-ring (bicyclic) bond motifs is 1. The summed E-state index contributed by atoms with van der Waals surface area (Å²) in [6.07, 6.45) is 2.53. The highest BCUT2D eigenvalue weighted by Gasteiger charge is 2.30. The molecule has 3 rings (SSSR count). The molecule has 1 aliphatic carbocycles. The van der Waals surface area contributed by atoms with Crippen LogP contribution in [0.15, 0.2) is 47.1 Å². The van der Waals surface area contributed by atoms with E-state index in [0.29, 0.717) is 11.7 Å². The Bertz CT molecular complexity index is 560. The molecule has 1 heterocycles. The summed E-state index contributed by atoms with van der Waals surface area (Å²) in [5.41, 5.74) is 2.56. The average Bonchev–Trinajstić information content (AvgIpc) is 2.98. The second-order valence-corrected chi connectivity index (χ2v) is 4.81. The van der Waals surface area contributed by atoms with Crippen molar-refractivity contribution in [1.29, 1.82) is 0 Å². The molecule has 2 aromatic rings. The molecule has 18 heavy (non-hydrogen) atoms. The molecule has 1 amide bonds. The number of benzene rings is 1. The van der Waals surface area contributed by atoms with Gasteiger partial charge in [0.2, 0.25) is 0 Å². The van der Waals surface area contributed by atoms with Crippen LogP contribution >= 0.6 is 0 Å². The predicted molar refractivity (Wildman–Crippen MR) is 68.2 cm³/mol. The summed E-state index contributed by atoms with van der Waals surface area (Å²) in [7, 11) is 0. The Labute approximate surface area is 106 Å². The Morgan fingerprint density at radius 2 is 2.11 bits per heavy atom. The molecule has 0 saturated carbocycles. The molecule has 0 spiro atoms. The van der Waals surface area contributed by atoms with Crippen molar-refractivity contribution in [2.24, 2.45) is 5.92 Å². The van der Waals surface area contributed by atoms with Gasteiger partial charge in [-0.05, 0) is 35.6 Å². The number of carbonyl (C=O) groups is 1. The van der Waals surface area contributed by atoms with E-state index in [2.05, 4.69) is 24.4 Å². The van der Waals surface area contributed by atoms with Gasteiger partial charge in [0, 0.05) is 0 Å². The Morgan fingerprint density at radius 3 is 2.89 bits per heavy atom. The summed E-state index contributed by atoms with van der Waals surface area (Å²) in [5.74, 6) is 0.640. The lowest BCUT2D eigenvalue weighted by Gasteiger charge is -2.17. The van der Waals surface area contributed by atoms with Gasteiger partial charge in [-0.15, -0.1) is 0 Å². The zero-order valence-corrected chi connectivity index (χ0v) is 10.2. The minimum atomic E-state index is -0.145. The Balaban J connectivity index is 1.83. The molecule has 1 aliphatic rings. The van der Waals surface area contributed by atoms with Crippen molar-refractivity contribution in [3.63, 3.8) is 0 Å². The lowest BCUT2D eigenvalue weighted by Crippen LogP contribution is -2.30. The molecule has 3 nitrogen and oxygen atoms in total. The lowest BCUT2D eigenvalue weighted by molar-refractivity contribution is 0.0899. The van der Waals surface area contributed by atoms with Crippen LogP contribution in [0.1, 0.15) is 34.6 Å². The average molecular weight is 241 g/mol. The maximum absolute atomic E-state index is 12.0. The number of amides is 1. The molecule has 92 valence electrons. The third-order valence-electron chi connectivity index (χ3n) is 3.53. The zero-order valence-electron chi connectivity index (χ0n) is 10.2. The van der Waals surface area contributed by atoms with Crippen LogP contribution in [0.3, 0.4) is 0 Å². The van der Waals surface area contributed by atoms with Crippen LogP contribution in [0.5, 0.6) is 0 Å². The molecule has 0 bridgehead atoms. The van der Waals surface area contributed by atoms with Gasteiger partial charge in [0.15, 0.2) is 5.76 Å². The Morgan fingerprint density at radius 1 is 1.28 bits per heavy atom. The third kappa shape index (κ3) is 1.82. The maximum atomic E-state index is 12.0. The van der Waals surface area contributed by atoms with Gasteiger partial charge in [-0.25, -0.2) is 0 Å². The van der Waals surface area contributed by atoms with E-state index >= 15 is 0 Å². The zero-order chi connectivity index (χ0) is 12.5. The highest BCUT2D eigenvalue weighted by Crippen LogP contribution is 2.35. The number of carbonyl (C=O) groups excluding carboxylic acids is 1. The predicted octanol–water partition coefficient (Wildman–Crippen LogP) is 2.94. The van der Waals surface area contributed by atoms with E-state index < -0.39 is 0 Å². The summed E-state index contributed by atoms with van der Waals surface area (Å²) >= 11 is 0. The molecule has 1 N–H and O–H groups in total. The Kier molecular flexibility index (Phi) is 2.67. The second-order valence-electron chi connectivity index (χ2n) is 4.81. The van der Waals surface area contributed by atoms with Crippen molar-refractivity contribution < 1.29 is 9.21 Å². The number of rotatable bonds is 2. The third-order valence-corrected chi connectivity index (χ3v) is 3.53. The van der Waals surface area contributed by atoms with E-state index in [1.54, 1.807) is 12.1 Å². The first-order chi connectivity index (χ1) is 8.75. The van der Waals surface area contributed by atoms with Crippen molar-refractivity contribution >= 4 is 5.91 Å². The van der Waals surface area contributed by atoms with Crippen molar-refractivity contribution in [2.45, 2.75) is 19.4 Å². The van der Waals surface area contributed by atoms with E-state index in [4.69, 9.17) is 4.42 Å². The van der Waals surface area contributed by atoms with E-state index in [1.807, 2.05) is 12.1 Å². The molecule has 1 aromatic carbocycles. The van der Waals surface area contributed by atoms with Gasteiger partial charge in [-0.3, -0.25) is 4.79 Å². The van der Waals surface area contributed by atoms with Crippen molar-refractivity contribution in [3.8, 4) is 0 Å². The monoisotopic (exact) mass is 241 g/mol. The first-order valence-corrected chi connectivity index (χ1v) is 6.18. The van der Waals surface area contributed by atoms with Gasteiger partial charge < -0.3 is 9.73 Å².